The van der Waals surface area contributed by atoms with E-state index in [-0.39, 0.29) is 5.91 Å². The minimum atomic E-state index is 0.108. The number of carbonyl (C=O) groups is 1. The molecule has 2 saturated carbocycles. The van der Waals surface area contributed by atoms with Gasteiger partial charge in [0.1, 0.15) is 0 Å². The topological polar surface area (TPSA) is 51.0 Å². The standard InChI is InChI=1S/C17H26N4O/c22-17(20-11-10-13-6-4-5-9-16(13)20)15-12-21(19-18-15)14-7-2-1-3-8-14/h12-14,16H,1-11H2. The normalized spacial score (nSPS) is 29.5. The van der Waals surface area contributed by atoms with Crippen molar-refractivity contribution < 1.29 is 4.79 Å². The fraction of sp³-hybridized carbons (Fsp3) is 0.824. The third kappa shape index (κ3) is 2.55. The fourth-order valence-electron chi connectivity index (χ4n) is 4.70. The van der Waals surface area contributed by atoms with Gasteiger partial charge in [0.15, 0.2) is 5.69 Å². The zero-order chi connectivity index (χ0) is 14.9. The van der Waals surface area contributed by atoms with E-state index >= 15 is 0 Å². The van der Waals surface area contributed by atoms with Crippen molar-refractivity contribution in [2.45, 2.75) is 76.3 Å². The number of likely N-dealkylation sites (tertiary alicyclic amines) is 1. The molecule has 1 amide bonds. The van der Waals surface area contributed by atoms with Crippen LogP contribution in [-0.2, 0) is 0 Å². The average molecular weight is 302 g/mol. The van der Waals surface area contributed by atoms with Crippen molar-refractivity contribution in [1.29, 1.82) is 0 Å². The minimum absolute atomic E-state index is 0.108. The van der Waals surface area contributed by atoms with E-state index in [9.17, 15) is 4.79 Å². The van der Waals surface area contributed by atoms with Crippen LogP contribution >= 0.6 is 0 Å². The Hall–Kier alpha value is -1.39. The first-order valence-corrected chi connectivity index (χ1v) is 9.06. The predicted molar refractivity (Wildman–Crippen MR) is 83.5 cm³/mol. The Morgan fingerprint density at radius 1 is 1.00 bits per heavy atom. The van der Waals surface area contributed by atoms with Gasteiger partial charge in [-0.25, -0.2) is 4.68 Å². The van der Waals surface area contributed by atoms with E-state index in [0.717, 1.165) is 12.5 Å². The van der Waals surface area contributed by atoms with Gasteiger partial charge < -0.3 is 4.90 Å². The third-order valence-corrected chi connectivity index (χ3v) is 5.95. The van der Waals surface area contributed by atoms with E-state index in [4.69, 9.17) is 0 Å². The smallest absolute Gasteiger partial charge is 0.276 e. The molecule has 2 atom stereocenters. The molecule has 1 saturated heterocycles. The lowest BCUT2D eigenvalue weighted by Gasteiger charge is -2.31. The van der Waals surface area contributed by atoms with Crippen LogP contribution in [0.1, 0.15) is 80.7 Å². The predicted octanol–water partition coefficient (Wildman–Crippen LogP) is 3.19. The van der Waals surface area contributed by atoms with Crippen LogP contribution in [0.5, 0.6) is 0 Å². The molecule has 2 unspecified atom stereocenters. The Bertz CT molecular complexity index is 535. The molecule has 1 aromatic rings. The monoisotopic (exact) mass is 302 g/mol. The van der Waals surface area contributed by atoms with Crippen LogP contribution in [0.15, 0.2) is 6.20 Å². The van der Waals surface area contributed by atoms with E-state index in [2.05, 4.69) is 15.2 Å². The highest BCUT2D eigenvalue weighted by atomic mass is 16.2. The van der Waals surface area contributed by atoms with Crippen molar-refractivity contribution in [3.8, 4) is 0 Å². The lowest BCUT2D eigenvalue weighted by molar-refractivity contribution is 0.0684. The van der Waals surface area contributed by atoms with E-state index in [0.29, 0.717) is 17.8 Å². The van der Waals surface area contributed by atoms with E-state index in [1.165, 1.54) is 64.2 Å². The lowest BCUT2D eigenvalue weighted by atomic mass is 9.85. The molecule has 1 aromatic heterocycles. The van der Waals surface area contributed by atoms with Crippen molar-refractivity contribution in [3.63, 3.8) is 0 Å². The molecule has 22 heavy (non-hydrogen) atoms. The van der Waals surface area contributed by atoms with Gasteiger partial charge in [-0.1, -0.05) is 37.3 Å². The van der Waals surface area contributed by atoms with Gasteiger partial charge in [0.25, 0.3) is 5.91 Å². The van der Waals surface area contributed by atoms with Crippen LogP contribution in [-0.4, -0.2) is 38.4 Å². The van der Waals surface area contributed by atoms with Gasteiger partial charge in [0.2, 0.25) is 0 Å². The maximum Gasteiger partial charge on any atom is 0.276 e. The Kier molecular flexibility index (Phi) is 3.89. The number of nitrogens with zero attached hydrogens (tertiary/aromatic N) is 4. The zero-order valence-corrected chi connectivity index (χ0v) is 13.3. The molecule has 5 heteroatoms. The average Bonchev–Trinajstić information content (AvgIpc) is 3.22. The molecular formula is C17H26N4O. The first-order valence-electron chi connectivity index (χ1n) is 9.06. The molecule has 3 fully saturated rings. The van der Waals surface area contributed by atoms with Gasteiger partial charge in [-0.2, -0.15) is 0 Å². The summed E-state index contributed by atoms with van der Waals surface area (Å²) in [6, 6.07) is 0.907. The number of rotatable bonds is 2. The summed E-state index contributed by atoms with van der Waals surface area (Å²) in [4.78, 5) is 14.9. The molecule has 5 nitrogen and oxygen atoms in total. The van der Waals surface area contributed by atoms with Crippen molar-refractivity contribution in [3.05, 3.63) is 11.9 Å². The Morgan fingerprint density at radius 2 is 1.77 bits per heavy atom. The summed E-state index contributed by atoms with van der Waals surface area (Å²) in [5, 5.41) is 8.45. The maximum absolute atomic E-state index is 12.8. The van der Waals surface area contributed by atoms with Gasteiger partial charge in [-0.15, -0.1) is 5.10 Å². The van der Waals surface area contributed by atoms with Gasteiger partial charge in [-0.05, 0) is 38.0 Å². The molecule has 0 spiro atoms. The quantitative estimate of drug-likeness (QED) is 0.843. The van der Waals surface area contributed by atoms with Gasteiger partial charge in [0, 0.05) is 12.6 Å². The summed E-state index contributed by atoms with van der Waals surface area (Å²) >= 11 is 0. The van der Waals surface area contributed by atoms with Crippen LogP contribution in [0.2, 0.25) is 0 Å². The van der Waals surface area contributed by atoms with Gasteiger partial charge >= 0.3 is 0 Å². The van der Waals surface area contributed by atoms with Crippen LogP contribution < -0.4 is 0 Å². The summed E-state index contributed by atoms with van der Waals surface area (Å²) in [5.74, 6) is 0.836. The van der Waals surface area contributed by atoms with E-state index < -0.39 is 0 Å². The van der Waals surface area contributed by atoms with Crippen molar-refractivity contribution in [2.75, 3.05) is 6.54 Å². The molecular weight excluding hydrogens is 276 g/mol. The number of amides is 1. The summed E-state index contributed by atoms with van der Waals surface area (Å²) in [5.41, 5.74) is 0.553. The van der Waals surface area contributed by atoms with Crippen molar-refractivity contribution in [2.24, 2.45) is 5.92 Å². The number of carbonyl (C=O) groups excluding carboxylic acids is 1. The molecule has 120 valence electrons. The zero-order valence-electron chi connectivity index (χ0n) is 13.3. The van der Waals surface area contributed by atoms with Crippen LogP contribution in [0.4, 0.5) is 0 Å². The first-order chi connectivity index (χ1) is 10.8. The second-order valence-corrected chi connectivity index (χ2v) is 7.27. The Morgan fingerprint density at radius 3 is 2.64 bits per heavy atom. The summed E-state index contributed by atoms with van der Waals surface area (Å²) in [6.45, 7) is 0.907. The second kappa shape index (κ2) is 6.01. The molecule has 0 radical (unpaired) electrons. The highest BCUT2D eigenvalue weighted by Gasteiger charge is 2.39. The number of hydrogen-bond donors (Lipinski definition) is 0. The highest BCUT2D eigenvalue weighted by Crippen LogP contribution is 2.36. The Balaban J connectivity index is 1.47. The van der Waals surface area contributed by atoms with E-state index in [1.807, 2.05) is 10.9 Å². The molecule has 0 N–H and O–H groups in total. The van der Waals surface area contributed by atoms with Gasteiger partial charge in [-0.3, -0.25) is 4.79 Å². The van der Waals surface area contributed by atoms with Crippen LogP contribution in [0, 0.1) is 5.92 Å². The highest BCUT2D eigenvalue weighted by molar-refractivity contribution is 5.92. The SMILES string of the molecule is O=C(c1cn(C2CCCCC2)nn1)N1CCC2CCCCC21. The molecule has 0 bridgehead atoms. The maximum atomic E-state index is 12.8. The van der Waals surface area contributed by atoms with Crippen molar-refractivity contribution >= 4 is 5.91 Å². The lowest BCUT2D eigenvalue weighted by Crippen LogP contribution is -2.39. The molecule has 2 aliphatic carbocycles. The number of hydrogen-bond acceptors (Lipinski definition) is 3. The summed E-state index contributed by atoms with van der Waals surface area (Å²) < 4.78 is 1.95. The molecule has 2 heterocycles. The molecule has 0 aromatic carbocycles. The fourth-order valence-corrected chi connectivity index (χ4v) is 4.70. The second-order valence-electron chi connectivity index (χ2n) is 7.27. The largest absolute Gasteiger partial charge is 0.334 e. The summed E-state index contributed by atoms with van der Waals surface area (Å²) in [6.07, 6.45) is 14.3. The molecule has 3 aliphatic rings. The van der Waals surface area contributed by atoms with Crippen molar-refractivity contribution in [1.82, 2.24) is 19.9 Å². The van der Waals surface area contributed by atoms with Crippen LogP contribution in [0.25, 0.3) is 0 Å². The minimum Gasteiger partial charge on any atom is -0.334 e. The molecule has 4 rings (SSSR count). The van der Waals surface area contributed by atoms with Gasteiger partial charge in [0.05, 0.1) is 12.2 Å². The Labute approximate surface area is 132 Å². The van der Waals surface area contributed by atoms with E-state index in [1.54, 1.807) is 0 Å². The number of fused-ring (bicyclic) bond motifs is 1. The third-order valence-electron chi connectivity index (χ3n) is 5.95. The molecule has 1 aliphatic heterocycles. The first kappa shape index (κ1) is 14.2. The summed E-state index contributed by atoms with van der Waals surface area (Å²) in [7, 11) is 0. The number of aromatic nitrogens is 3. The van der Waals surface area contributed by atoms with Crippen LogP contribution in [0.3, 0.4) is 0 Å².